The molecule has 13 heteroatoms. The molecule has 0 amide bonds. The van der Waals surface area contributed by atoms with Crippen LogP contribution in [0.25, 0.3) is 22.0 Å². The van der Waals surface area contributed by atoms with Crippen molar-refractivity contribution >= 4 is 32.4 Å². The quantitative estimate of drug-likeness (QED) is 0.381. The summed E-state index contributed by atoms with van der Waals surface area (Å²) in [6.45, 7) is 2.95. The number of aromatic nitrogens is 3. The van der Waals surface area contributed by atoms with E-state index in [-0.39, 0.29) is 17.4 Å². The van der Waals surface area contributed by atoms with Crippen molar-refractivity contribution in [1.29, 1.82) is 5.26 Å². The number of ether oxygens (including phenoxy) is 1. The summed E-state index contributed by atoms with van der Waals surface area (Å²) in [6.07, 6.45) is 1.51. The van der Waals surface area contributed by atoms with E-state index >= 15 is 0 Å². The molecule has 3 heterocycles. The van der Waals surface area contributed by atoms with Crippen molar-refractivity contribution in [2.45, 2.75) is 4.90 Å². The number of halogens is 2. The molecule has 194 valence electrons. The van der Waals surface area contributed by atoms with E-state index in [1.165, 1.54) is 19.4 Å². The highest BCUT2D eigenvalue weighted by atomic mass is 32.2. The van der Waals surface area contributed by atoms with Gasteiger partial charge in [0.25, 0.3) is 10.0 Å². The zero-order valence-electron chi connectivity index (χ0n) is 20.1. The maximum absolute atomic E-state index is 14.2. The third-order valence-electron chi connectivity index (χ3n) is 6.00. The van der Waals surface area contributed by atoms with Crippen molar-refractivity contribution in [3.05, 3.63) is 66.1 Å². The number of sulfonamides is 1. The SMILES string of the molecule is COc1ncc(-c2ccc3nc(C#N)nc(N4CCNCC4)c3c2)cc1NS(=O)(=O)c1ccc(F)cc1F. The van der Waals surface area contributed by atoms with Gasteiger partial charge >= 0.3 is 0 Å². The number of nitrogens with zero attached hydrogens (tertiary/aromatic N) is 5. The molecule has 38 heavy (non-hydrogen) atoms. The Hall–Kier alpha value is -4.41. The van der Waals surface area contributed by atoms with Crippen LogP contribution in [-0.4, -0.2) is 56.7 Å². The number of benzene rings is 2. The second kappa shape index (κ2) is 10.2. The van der Waals surface area contributed by atoms with E-state index in [9.17, 15) is 22.5 Å². The lowest BCUT2D eigenvalue weighted by Gasteiger charge is -2.29. The minimum absolute atomic E-state index is 0.0350. The molecule has 10 nitrogen and oxygen atoms in total. The maximum atomic E-state index is 14.2. The number of anilines is 2. The molecule has 4 aromatic rings. The average Bonchev–Trinajstić information content (AvgIpc) is 2.92. The first-order valence-corrected chi connectivity index (χ1v) is 13.0. The predicted molar refractivity (Wildman–Crippen MR) is 136 cm³/mol. The van der Waals surface area contributed by atoms with Gasteiger partial charge in [0, 0.05) is 49.4 Å². The van der Waals surface area contributed by atoms with E-state index in [1.54, 1.807) is 12.1 Å². The molecule has 0 unspecified atom stereocenters. The van der Waals surface area contributed by atoms with Gasteiger partial charge < -0.3 is 15.0 Å². The molecule has 1 saturated heterocycles. The van der Waals surface area contributed by atoms with Gasteiger partial charge in [-0.3, -0.25) is 4.72 Å². The molecule has 1 aliphatic rings. The van der Waals surface area contributed by atoms with E-state index in [2.05, 4.69) is 29.9 Å². The number of methoxy groups -OCH3 is 1. The summed E-state index contributed by atoms with van der Waals surface area (Å²) in [7, 11) is -3.11. The van der Waals surface area contributed by atoms with Crippen LogP contribution in [0.3, 0.4) is 0 Å². The number of pyridine rings is 1. The standard InChI is InChI=1S/C25H21F2N7O3S/c1-37-25-21(33-38(35,36)22-5-3-17(26)12-19(22)27)11-16(14-30-25)15-2-4-20-18(10-15)24(32-23(13-28)31-20)34-8-6-29-7-9-34/h2-5,10-12,14,29,33H,6-9H2,1H3. The van der Waals surface area contributed by atoms with Gasteiger partial charge in [0.15, 0.2) is 0 Å². The van der Waals surface area contributed by atoms with E-state index in [1.807, 2.05) is 12.1 Å². The summed E-state index contributed by atoms with van der Waals surface area (Å²) >= 11 is 0. The summed E-state index contributed by atoms with van der Waals surface area (Å²) in [5.41, 5.74) is 1.75. The molecule has 0 bridgehead atoms. The monoisotopic (exact) mass is 537 g/mol. The molecule has 2 aromatic heterocycles. The van der Waals surface area contributed by atoms with Gasteiger partial charge in [0.05, 0.1) is 12.6 Å². The second-order valence-electron chi connectivity index (χ2n) is 8.41. The zero-order chi connectivity index (χ0) is 26.9. The summed E-state index contributed by atoms with van der Waals surface area (Å²) in [6, 6.07) is 11.1. The Bertz CT molecular complexity index is 1690. The van der Waals surface area contributed by atoms with Crippen molar-refractivity contribution < 1.29 is 21.9 Å². The lowest BCUT2D eigenvalue weighted by molar-refractivity contribution is 0.400. The maximum Gasteiger partial charge on any atom is 0.264 e. The third kappa shape index (κ3) is 4.91. The van der Waals surface area contributed by atoms with E-state index < -0.39 is 26.6 Å². The van der Waals surface area contributed by atoms with Crippen LogP contribution in [0.5, 0.6) is 5.88 Å². The Morgan fingerprint density at radius 3 is 2.58 bits per heavy atom. The number of nitriles is 1. The van der Waals surface area contributed by atoms with Gasteiger partial charge in [-0.1, -0.05) is 6.07 Å². The number of fused-ring (bicyclic) bond motifs is 1. The van der Waals surface area contributed by atoms with Gasteiger partial charge in [-0.25, -0.2) is 32.2 Å². The van der Waals surface area contributed by atoms with Gasteiger partial charge in [-0.2, -0.15) is 5.26 Å². The fraction of sp³-hybridized carbons (Fsp3) is 0.200. The fourth-order valence-electron chi connectivity index (χ4n) is 4.20. The molecule has 0 atom stereocenters. The van der Waals surface area contributed by atoms with Crippen LogP contribution in [0.1, 0.15) is 5.82 Å². The first-order valence-electron chi connectivity index (χ1n) is 11.5. The summed E-state index contributed by atoms with van der Waals surface area (Å²) in [5, 5.41) is 13.4. The molecule has 1 aliphatic heterocycles. The van der Waals surface area contributed by atoms with Crippen molar-refractivity contribution in [2.24, 2.45) is 0 Å². The Balaban J connectivity index is 1.57. The van der Waals surface area contributed by atoms with Crippen molar-refractivity contribution in [2.75, 3.05) is 42.9 Å². The minimum Gasteiger partial charge on any atom is -0.480 e. The first-order chi connectivity index (χ1) is 18.3. The molecule has 0 spiro atoms. The third-order valence-corrected chi connectivity index (χ3v) is 7.40. The van der Waals surface area contributed by atoms with Crippen LogP contribution in [0.2, 0.25) is 0 Å². The van der Waals surface area contributed by atoms with Crippen molar-refractivity contribution in [1.82, 2.24) is 20.3 Å². The van der Waals surface area contributed by atoms with Crippen LogP contribution in [0, 0.1) is 23.0 Å². The molecule has 1 fully saturated rings. The summed E-state index contributed by atoms with van der Waals surface area (Å²) < 4.78 is 60.8. The molecule has 2 aromatic carbocycles. The smallest absolute Gasteiger partial charge is 0.264 e. The predicted octanol–water partition coefficient (Wildman–Crippen LogP) is 3.06. The second-order valence-corrected chi connectivity index (χ2v) is 10.1. The highest BCUT2D eigenvalue weighted by molar-refractivity contribution is 7.92. The lowest BCUT2D eigenvalue weighted by atomic mass is 10.0. The Kier molecular flexibility index (Phi) is 6.75. The highest BCUT2D eigenvalue weighted by Crippen LogP contribution is 2.33. The Morgan fingerprint density at radius 1 is 1.08 bits per heavy atom. The number of hydrogen-bond acceptors (Lipinski definition) is 9. The number of nitrogens with one attached hydrogen (secondary N) is 2. The molecular weight excluding hydrogens is 516 g/mol. The summed E-state index contributed by atoms with van der Waals surface area (Å²) in [4.78, 5) is 14.3. The van der Waals surface area contributed by atoms with Gasteiger partial charge in [0.1, 0.15) is 34.1 Å². The molecular formula is C25H21F2N7O3S. The average molecular weight is 538 g/mol. The van der Waals surface area contributed by atoms with Crippen LogP contribution < -0.4 is 19.7 Å². The first kappa shape index (κ1) is 25.2. The van der Waals surface area contributed by atoms with Crippen LogP contribution in [-0.2, 0) is 10.0 Å². The number of hydrogen-bond donors (Lipinski definition) is 2. The molecule has 0 saturated carbocycles. The zero-order valence-corrected chi connectivity index (χ0v) is 20.9. The van der Waals surface area contributed by atoms with Crippen LogP contribution >= 0.6 is 0 Å². The summed E-state index contributed by atoms with van der Waals surface area (Å²) in [5.74, 6) is -1.47. The van der Waals surface area contributed by atoms with Crippen LogP contribution in [0.15, 0.2) is 53.6 Å². The highest BCUT2D eigenvalue weighted by Gasteiger charge is 2.23. The fourth-order valence-corrected chi connectivity index (χ4v) is 5.31. The number of piperazine rings is 1. The molecule has 0 aliphatic carbocycles. The molecule has 5 rings (SSSR count). The Morgan fingerprint density at radius 2 is 1.87 bits per heavy atom. The normalized spacial score (nSPS) is 13.8. The van der Waals surface area contributed by atoms with Gasteiger partial charge in [-0.05, 0) is 35.9 Å². The van der Waals surface area contributed by atoms with Crippen molar-refractivity contribution in [3.63, 3.8) is 0 Å². The minimum atomic E-state index is -4.43. The van der Waals surface area contributed by atoms with E-state index in [4.69, 9.17) is 4.74 Å². The van der Waals surface area contributed by atoms with Crippen molar-refractivity contribution in [3.8, 4) is 23.1 Å². The van der Waals surface area contributed by atoms with E-state index in [0.29, 0.717) is 41.6 Å². The van der Waals surface area contributed by atoms with Crippen LogP contribution in [0.4, 0.5) is 20.3 Å². The molecule has 2 N–H and O–H groups in total. The lowest BCUT2D eigenvalue weighted by Crippen LogP contribution is -2.44. The number of rotatable bonds is 6. The Labute approximate surface area is 217 Å². The van der Waals surface area contributed by atoms with Gasteiger partial charge in [0.2, 0.25) is 11.7 Å². The topological polar surface area (TPSA) is 133 Å². The largest absolute Gasteiger partial charge is 0.480 e. The molecule has 0 radical (unpaired) electrons. The van der Waals surface area contributed by atoms with E-state index in [0.717, 1.165) is 30.6 Å². The van der Waals surface area contributed by atoms with Gasteiger partial charge in [-0.15, -0.1) is 0 Å².